The summed E-state index contributed by atoms with van der Waals surface area (Å²) in [6, 6.07) is 19.3. The highest BCUT2D eigenvalue weighted by molar-refractivity contribution is 6.07. The largest absolute Gasteiger partial charge is 0.361 e. The van der Waals surface area contributed by atoms with Gasteiger partial charge in [0.1, 0.15) is 0 Å². The predicted octanol–water partition coefficient (Wildman–Crippen LogP) is 3.34. The van der Waals surface area contributed by atoms with Crippen LogP contribution in [0.4, 0.5) is 5.69 Å². The molecule has 0 aromatic heterocycles. The Balaban J connectivity index is 2.17. The number of hydrogen-bond acceptors (Lipinski definition) is 2. The van der Waals surface area contributed by atoms with Gasteiger partial charge in [0, 0.05) is 17.5 Å². The summed E-state index contributed by atoms with van der Waals surface area (Å²) in [6.07, 6.45) is 2.57. The van der Waals surface area contributed by atoms with Gasteiger partial charge >= 0.3 is 0 Å². The number of rotatable bonds is 4. The van der Waals surface area contributed by atoms with Crippen molar-refractivity contribution < 1.29 is 4.79 Å². The third-order valence-corrected chi connectivity index (χ3v) is 2.40. The first kappa shape index (κ1) is 11.1. The fourth-order valence-corrected chi connectivity index (χ4v) is 1.51. The maximum absolute atomic E-state index is 11.0. The van der Waals surface area contributed by atoms with Crippen molar-refractivity contribution in [2.45, 2.75) is 0 Å². The monoisotopic (exact) mass is 223 g/mol. The standard InChI is InChI=1S/C15H13NO/c17-12-14(13-7-3-1-4-8-13)11-16-15-9-5-2-6-10-15/h1-12,16H. The van der Waals surface area contributed by atoms with Crippen molar-refractivity contribution in [3.05, 3.63) is 72.4 Å². The molecule has 0 fully saturated rings. The van der Waals surface area contributed by atoms with E-state index in [0.29, 0.717) is 5.57 Å². The summed E-state index contributed by atoms with van der Waals surface area (Å²) < 4.78 is 0. The van der Waals surface area contributed by atoms with Crippen molar-refractivity contribution in [1.82, 2.24) is 0 Å². The molecule has 1 N–H and O–H groups in total. The Morgan fingerprint density at radius 2 is 1.47 bits per heavy atom. The molecule has 2 aromatic rings. The van der Waals surface area contributed by atoms with Crippen LogP contribution in [0.15, 0.2) is 66.9 Å². The van der Waals surface area contributed by atoms with Gasteiger partial charge in [0.15, 0.2) is 6.29 Å². The van der Waals surface area contributed by atoms with E-state index in [1.807, 2.05) is 60.7 Å². The number of benzene rings is 2. The van der Waals surface area contributed by atoms with Crippen molar-refractivity contribution in [3.8, 4) is 0 Å². The summed E-state index contributed by atoms with van der Waals surface area (Å²) in [4.78, 5) is 11.0. The SMILES string of the molecule is O=CC(=CNc1ccccc1)c1ccccc1. The Labute approximate surface area is 101 Å². The minimum atomic E-state index is 0.634. The molecule has 0 amide bonds. The van der Waals surface area contributed by atoms with Gasteiger partial charge in [-0.1, -0.05) is 48.5 Å². The first-order valence-corrected chi connectivity index (χ1v) is 5.42. The highest BCUT2D eigenvalue weighted by Crippen LogP contribution is 2.12. The van der Waals surface area contributed by atoms with E-state index in [2.05, 4.69) is 5.32 Å². The van der Waals surface area contributed by atoms with E-state index in [9.17, 15) is 4.79 Å². The van der Waals surface area contributed by atoms with Crippen LogP contribution in [-0.4, -0.2) is 6.29 Å². The molecule has 0 saturated carbocycles. The van der Waals surface area contributed by atoms with Gasteiger partial charge in [-0.15, -0.1) is 0 Å². The first-order chi connectivity index (χ1) is 8.40. The van der Waals surface area contributed by atoms with Crippen LogP contribution < -0.4 is 5.32 Å². The fourth-order valence-electron chi connectivity index (χ4n) is 1.51. The van der Waals surface area contributed by atoms with E-state index >= 15 is 0 Å². The molecule has 0 aliphatic heterocycles. The molecule has 0 atom stereocenters. The third kappa shape index (κ3) is 3.05. The van der Waals surface area contributed by atoms with Crippen LogP contribution in [0.3, 0.4) is 0 Å². The maximum atomic E-state index is 11.0. The van der Waals surface area contributed by atoms with Crippen LogP contribution in [0.1, 0.15) is 5.56 Å². The topological polar surface area (TPSA) is 29.1 Å². The second kappa shape index (κ2) is 5.66. The van der Waals surface area contributed by atoms with Crippen LogP contribution in [0.25, 0.3) is 5.57 Å². The minimum Gasteiger partial charge on any atom is -0.361 e. The van der Waals surface area contributed by atoms with Crippen molar-refractivity contribution in [2.75, 3.05) is 5.32 Å². The minimum absolute atomic E-state index is 0.634. The molecule has 2 heteroatoms. The van der Waals surface area contributed by atoms with Gasteiger partial charge in [-0.25, -0.2) is 0 Å². The Bertz CT molecular complexity index is 503. The van der Waals surface area contributed by atoms with Crippen molar-refractivity contribution >= 4 is 17.5 Å². The summed E-state index contributed by atoms with van der Waals surface area (Å²) in [5.41, 5.74) is 2.50. The number of hydrogen-bond donors (Lipinski definition) is 1. The number of nitrogens with one attached hydrogen (secondary N) is 1. The molecule has 2 rings (SSSR count). The zero-order valence-electron chi connectivity index (χ0n) is 9.34. The highest BCUT2D eigenvalue weighted by Gasteiger charge is 1.98. The van der Waals surface area contributed by atoms with Gasteiger partial charge in [-0.05, 0) is 17.7 Å². The molecule has 2 aromatic carbocycles. The molecule has 0 bridgehead atoms. The Hall–Kier alpha value is -2.35. The van der Waals surface area contributed by atoms with E-state index < -0.39 is 0 Å². The predicted molar refractivity (Wildman–Crippen MR) is 70.5 cm³/mol. The summed E-state index contributed by atoms with van der Waals surface area (Å²) in [6.45, 7) is 0. The fraction of sp³-hybridized carbons (Fsp3) is 0. The molecule has 0 heterocycles. The van der Waals surface area contributed by atoms with Crippen LogP contribution >= 0.6 is 0 Å². The quantitative estimate of drug-likeness (QED) is 0.636. The number of carbonyl (C=O) groups is 1. The van der Waals surface area contributed by atoms with Crippen molar-refractivity contribution in [2.24, 2.45) is 0 Å². The zero-order valence-corrected chi connectivity index (χ0v) is 9.34. The normalized spacial score (nSPS) is 10.9. The van der Waals surface area contributed by atoms with Crippen LogP contribution in [-0.2, 0) is 4.79 Å². The van der Waals surface area contributed by atoms with E-state index in [-0.39, 0.29) is 0 Å². The van der Waals surface area contributed by atoms with Gasteiger partial charge in [0.25, 0.3) is 0 Å². The summed E-state index contributed by atoms with van der Waals surface area (Å²) >= 11 is 0. The third-order valence-electron chi connectivity index (χ3n) is 2.40. The molecule has 84 valence electrons. The Morgan fingerprint density at radius 1 is 0.882 bits per heavy atom. The average Bonchev–Trinajstić information content (AvgIpc) is 2.42. The van der Waals surface area contributed by atoms with Crippen molar-refractivity contribution in [1.29, 1.82) is 0 Å². The molecular weight excluding hydrogens is 210 g/mol. The Kier molecular flexibility index (Phi) is 3.71. The van der Waals surface area contributed by atoms with Gasteiger partial charge in [0.05, 0.1) is 0 Å². The average molecular weight is 223 g/mol. The molecule has 0 aliphatic rings. The zero-order chi connectivity index (χ0) is 11.9. The van der Waals surface area contributed by atoms with Gasteiger partial charge in [-0.3, -0.25) is 4.79 Å². The molecule has 2 nitrogen and oxygen atoms in total. The molecule has 0 unspecified atom stereocenters. The van der Waals surface area contributed by atoms with Gasteiger partial charge in [0.2, 0.25) is 0 Å². The van der Waals surface area contributed by atoms with E-state index in [1.54, 1.807) is 6.20 Å². The molecule has 0 aliphatic carbocycles. The second-order valence-electron chi connectivity index (χ2n) is 3.59. The highest BCUT2D eigenvalue weighted by atomic mass is 16.1. The van der Waals surface area contributed by atoms with Gasteiger partial charge < -0.3 is 5.32 Å². The summed E-state index contributed by atoms with van der Waals surface area (Å²) in [5, 5.41) is 3.10. The molecular formula is C15H13NO. The lowest BCUT2D eigenvalue weighted by Gasteiger charge is -2.03. The summed E-state index contributed by atoms with van der Waals surface area (Å²) in [7, 11) is 0. The summed E-state index contributed by atoms with van der Waals surface area (Å²) in [5.74, 6) is 0. The van der Waals surface area contributed by atoms with E-state index in [4.69, 9.17) is 0 Å². The number of anilines is 1. The lowest BCUT2D eigenvalue weighted by Crippen LogP contribution is -1.92. The number of carbonyl (C=O) groups excluding carboxylic acids is 1. The Morgan fingerprint density at radius 3 is 2.06 bits per heavy atom. The maximum Gasteiger partial charge on any atom is 0.152 e. The van der Waals surface area contributed by atoms with Crippen molar-refractivity contribution in [3.63, 3.8) is 0 Å². The smallest absolute Gasteiger partial charge is 0.152 e. The molecule has 17 heavy (non-hydrogen) atoms. The number of allylic oxidation sites excluding steroid dienone is 1. The van der Waals surface area contributed by atoms with E-state index in [1.165, 1.54) is 0 Å². The number of aldehydes is 1. The molecule has 0 spiro atoms. The lowest BCUT2D eigenvalue weighted by atomic mass is 10.1. The van der Waals surface area contributed by atoms with Crippen LogP contribution in [0, 0.1) is 0 Å². The molecule has 0 radical (unpaired) electrons. The lowest BCUT2D eigenvalue weighted by molar-refractivity contribution is -0.103. The van der Waals surface area contributed by atoms with Gasteiger partial charge in [-0.2, -0.15) is 0 Å². The van der Waals surface area contributed by atoms with E-state index in [0.717, 1.165) is 17.5 Å². The number of para-hydroxylation sites is 1. The first-order valence-electron chi connectivity index (χ1n) is 5.42. The van der Waals surface area contributed by atoms with Crippen LogP contribution in [0.2, 0.25) is 0 Å². The van der Waals surface area contributed by atoms with Crippen LogP contribution in [0.5, 0.6) is 0 Å². The second-order valence-corrected chi connectivity index (χ2v) is 3.59. The molecule has 0 saturated heterocycles.